The van der Waals surface area contributed by atoms with Gasteiger partial charge in [-0.1, -0.05) is 11.6 Å². The van der Waals surface area contributed by atoms with Crippen LogP contribution in [0.2, 0.25) is 5.02 Å². The highest BCUT2D eigenvalue weighted by Crippen LogP contribution is 2.35. The van der Waals surface area contributed by atoms with Crippen LogP contribution in [-0.4, -0.2) is 28.2 Å². The number of aromatic nitrogens is 2. The van der Waals surface area contributed by atoms with E-state index >= 15 is 0 Å². The summed E-state index contributed by atoms with van der Waals surface area (Å²) in [7, 11) is 0. The number of nitrogens with zero attached hydrogens (tertiary/aromatic N) is 2. The number of H-pyrrole nitrogens is 2. The predicted molar refractivity (Wildman–Crippen MR) is 79.1 cm³/mol. The second kappa shape index (κ2) is 5.25. The molecule has 3 rings (SSSR count). The van der Waals surface area contributed by atoms with Gasteiger partial charge in [-0.05, 0) is 12.5 Å². The number of non-ortho nitro benzene ring substituents is 1. The summed E-state index contributed by atoms with van der Waals surface area (Å²) in [5.41, 5.74) is 1.49. The quantitative estimate of drug-likeness (QED) is 0.671. The Morgan fingerprint density at radius 2 is 2.14 bits per heavy atom. The Labute approximate surface area is 124 Å². The van der Waals surface area contributed by atoms with E-state index in [1.807, 2.05) is 0 Å². The minimum atomic E-state index is -0.465. The Morgan fingerprint density at radius 3 is 2.76 bits per heavy atom. The lowest BCUT2D eigenvalue weighted by molar-refractivity contribution is -0.384. The molecule has 21 heavy (non-hydrogen) atoms. The van der Waals surface area contributed by atoms with Crippen molar-refractivity contribution in [2.24, 2.45) is 0 Å². The molecule has 0 bridgehead atoms. The maximum absolute atomic E-state index is 11.2. The molecule has 0 aliphatic carbocycles. The van der Waals surface area contributed by atoms with E-state index in [-0.39, 0.29) is 17.2 Å². The van der Waals surface area contributed by atoms with Gasteiger partial charge in [-0.3, -0.25) is 20.0 Å². The van der Waals surface area contributed by atoms with Gasteiger partial charge in [0.05, 0.1) is 15.6 Å². The van der Waals surface area contributed by atoms with Crippen molar-refractivity contribution in [1.29, 1.82) is 0 Å². The average Bonchev–Trinajstić information content (AvgIpc) is 3.07. The van der Waals surface area contributed by atoms with Crippen molar-refractivity contribution >= 4 is 23.0 Å². The summed E-state index contributed by atoms with van der Waals surface area (Å²) >= 11 is 6.14. The molecule has 1 fully saturated rings. The van der Waals surface area contributed by atoms with Gasteiger partial charge in [0, 0.05) is 42.9 Å². The second-order valence-corrected chi connectivity index (χ2v) is 5.45. The second-order valence-electron chi connectivity index (χ2n) is 5.04. The average molecular weight is 309 g/mol. The molecule has 0 amide bonds. The molecular formula is C13H13ClN4O3. The molecule has 0 unspecified atom stereocenters. The van der Waals surface area contributed by atoms with Gasteiger partial charge in [-0.15, -0.1) is 0 Å². The highest BCUT2D eigenvalue weighted by atomic mass is 35.5. The van der Waals surface area contributed by atoms with E-state index in [2.05, 4.69) is 15.1 Å². The smallest absolute Gasteiger partial charge is 0.271 e. The van der Waals surface area contributed by atoms with Gasteiger partial charge in [-0.2, -0.15) is 0 Å². The van der Waals surface area contributed by atoms with E-state index in [0.717, 1.165) is 24.3 Å². The van der Waals surface area contributed by atoms with Crippen LogP contribution in [0, 0.1) is 10.1 Å². The number of anilines is 1. The van der Waals surface area contributed by atoms with Crippen molar-refractivity contribution in [3.05, 3.63) is 55.5 Å². The molecule has 0 saturated carbocycles. The van der Waals surface area contributed by atoms with Crippen LogP contribution in [0.1, 0.15) is 18.0 Å². The number of nitro benzene ring substituents is 1. The summed E-state index contributed by atoms with van der Waals surface area (Å²) in [6.45, 7) is 1.50. The van der Waals surface area contributed by atoms with E-state index in [4.69, 9.17) is 11.6 Å². The van der Waals surface area contributed by atoms with E-state index in [9.17, 15) is 14.9 Å². The van der Waals surface area contributed by atoms with Crippen LogP contribution in [0.5, 0.6) is 0 Å². The number of nitrogens with one attached hydrogen (secondary N) is 2. The maximum Gasteiger partial charge on any atom is 0.271 e. The zero-order chi connectivity index (χ0) is 15.0. The molecule has 1 saturated heterocycles. The van der Waals surface area contributed by atoms with Gasteiger partial charge in [0.1, 0.15) is 0 Å². The number of benzene rings is 1. The lowest BCUT2D eigenvalue weighted by Gasteiger charge is -2.19. The van der Waals surface area contributed by atoms with Crippen molar-refractivity contribution in [3.8, 4) is 0 Å². The van der Waals surface area contributed by atoms with Crippen LogP contribution < -0.4 is 10.5 Å². The van der Waals surface area contributed by atoms with E-state index in [1.165, 1.54) is 12.1 Å². The lowest BCUT2D eigenvalue weighted by atomic mass is 10.1. The zero-order valence-corrected chi connectivity index (χ0v) is 11.8. The van der Waals surface area contributed by atoms with Crippen molar-refractivity contribution in [2.45, 2.75) is 12.3 Å². The summed E-state index contributed by atoms with van der Waals surface area (Å²) in [4.78, 5) is 23.5. The standard InChI is InChI=1S/C13H13ClN4O3/c14-10-5-9(18(20)21)1-2-12(10)17-4-3-8(7-17)11-6-13(19)16-15-11/h1-2,5-6,8H,3-4,7H2,(H2,15,16,19)/t8-/m0/s1. The van der Waals surface area contributed by atoms with Crippen molar-refractivity contribution in [1.82, 2.24) is 10.2 Å². The topological polar surface area (TPSA) is 95.0 Å². The van der Waals surface area contributed by atoms with Gasteiger partial charge in [0.15, 0.2) is 0 Å². The summed E-state index contributed by atoms with van der Waals surface area (Å²) in [5.74, 6) is 0.218. The summed E-state index contributed by atoms with van der Waals surface area (Å²) in [6, 6.07) is 6.05. The van der Waals surface area contributed by atoms with Crippen LogP contribution in [0.3, 0.4) is 0 Å². The fourth-order valence-electron chi connectivity index (χ4n) is 2.67. The molecular weight excluding hydrogens is 296 g/mol. The molecule has 7 nitrogen and oxygen atoms in total. The highest BCUT2D eigenvalue weighted by molar-refractivity contribution is 6.33. The van der Waals surface area contributed by atoms with E-state index in [0.29, 0.717) is 11.6 Å². The number of hydrogen-bond donors (Lipinski definition) is 2. The normalized spacial score (nSPS) is 18.1. The van der Waals surface area contributed by atoms with Gasteiger partial charge in [0.2, 0.25) is 0 Å². The summed E-state index contributed by atoms with van der Waals surface area (Å²) < 4.78 is 0. The molecule has 1 aliphatic heterocycles. The van der Waals surface area contributed by atoms with Crippen LogP contribution in [-0.2, 0) is 0 Å². The number of hydrogen-bond acceptors (Lipinski definition) is 4. The first-order valence-corrected chi connectivity index (χ1v) is 6.89. The predicted octanol–water partition coefficient (Wildman–Crippen LogP) is 2.26. The fourth-order valence-corrected chi connectivity index (χ4v) is 2.96. The molecule has 0 spiro atoms. The van der Waals surface area contributed by atoms with Gasteiger partial charge >= 0.3 is 0 Å². The third kappa shape index (κ3) is 2.64. The van der Waals surface area contributed by atoms with Crippen LogP contribution >= 0.6 is 11.6 Å². The molecule has 1 atom stereocenters. The minimum absolute atomic E-state index is 0.0190. The Bertz CT molecular complexity index is 739. The Balaban J connectivity index is 1.80. The monoisotopic (exact) mass is 308 g/mol. The first kappa shape index (κ1) is 13.7. The van der Waals surface area contributed by atoms with Crippen molar-refractivity contribution in [3.63, 3.8) is 0 Å². The third-order valence-corrected chi connectivity index (χ3v) is 4.03. The molecule has 1 aliphatic rings. The number of aromatic amines is 2. The number of nitro groups is 1. The van der Waals surface area contributed by atoms with E-state index in [1.54, 1.807) is 12.1 Å². The number of rotatable bonds is 3. The SMILES string of the molecule is O=c1cc([C@H]2CCN(c3ccc([N+](=O)[O-])cc3Cl)C2)[nH][nH]1. The fraction of sp³-hybridized carbons (Fsp3) is 0.308. The molecule has 1 aromatic heterocycles. The Hall–Kier alpha value is -2.28. The first-order valence-electron chi connectivity index (χ1n) is 6.51. The number of halogens is 1. The third-order valence-electron chi connectivity index (χ3n) is 3.73. The maximum atomic E-state index is 11.2. The van der Waals surface area contributed by atoms with Gasteiger partial charge in [0.25, 0.3) is 11.2 Å². The Morgan fingerprint density at radius 1 is 1.33 bits per heavy atom. The largest absolute Gasteiger partial charge is 0.370 e. The summed E-state index contributed by atoms with van der Waals surface area (Å²) in [6.07, 6.45) is 0.890. The highest BCUT2D eigenvalue weighted by Gasteiger charge is 2.27. The lowest BCUT2D eigenvalue weighted by Crippen LogP contribution is -2.19. The van der Waals surface area contributed by atoms with Gasteiger partial charge < -0.3 is 10.00 Å². The van der Waals surface area contributed by atoms with Crippen LogP contribution in [0.25, 0.3) is 0 Å². The molecule has 8 heteroatoms. The zero-order valence-electron chi connectivity index (χ0n) is 11.0. The van der Waals surface area contributed by atoms with Crippen LogP contribution in [0.4, 0.5) is 11.4 Å². The molecule has 2 N–H and O–H groups in total. The molecule has 2 aromatic rings. The molecule has 1 aromatic carbocycles. The van der Waals surface area contributed by atoms with Crippen LogP contribution in [0.15, 0.2) is 29.1 Å². The summed E-state index contributed by atoms with van der Waals surface area (Å²) in [5, 5.41) is 16.5. The molecule has 0 radical (unpaired) electrons. The molecule has 2 heterocycles. The minimum Gasteiger partial charge on any atom is -0.370 e. The Kier molecular flexibility index (Phi) is 3.42. The first-order chi connectivity index (χ1) is 10.0. The molecule has 110 valence electrons. The van der Waals surface area contributed by atoms with E-state index < -0.39 is 4.92 Å². The van der Waals surface area contributed by atoms with Crippen molar-refractivity contribution in [2.75, 3.05) is 18.0 Å². The van der Waals surface area contributed by atoms with Crippen molar-refractivity contribution < 1.29 is 4.92 Å². The van der Waals surface area contributed by atoms with Gasteiger partial charge in [-0.25, -0.2) is 0 Å².